The predicted molar refractivity (Wildman–Crippen MR) is 69.8 cm³/mol. The zero-order chi connectivity index (χ0) is 8.54. The molecule has 0 aliphatic heterocycles. The van der Waals surface area contributed by atoms with E-state index in [1.807, 2.05) is 0 Å². The summed E-state index contributed by atoms with van der Waals surface area (Å²) in [7, 11) is -4.27. The molecule has 1 rings (SSSR count). The van der Waals surface area contributed by atoms with Crippen molar-refractivity contribution in [2.75, 3.05) is 0 Å². The molecule has 0 aromatic carbocycles. The van der Waals surface area contributed by atoms with Crippen LogP contribution in [0.3, 0.4) is 0 Å². The van der Waals surface area contributed by atoms with Crippen LogP contribution in [0.25, 0.3) is 0 Å². The summed E-state index contributed by atoms with van der Waals surface area (Å²) in [6, 6.07) is 0. The molecule has 0 aromatic rings. The molecule has 0 atom stereocenters. The monoisotopic (exact) mass is 330 g/mol. The van der Waals surface area contributed by atoms with Gasteiger partial charge < -0.3 is 38.0 Å². The first-order chi connectivity index (χ1) is 4.96. The Labute approximate surface area is 135 Å². The van der Waals surface area contributed by atoms with Crippen molar-refractivity contribution in [2.24, 2.45) is 0 Å². The summed E-state index contributed by atoms with van der Waals surface area (Å²) in [6.45, 7) is 0. The second-order valence-electron chi connectivity index (χ2n) is 2.98. The van der Waals surface area contributed by atoms with Gasteiger partial charge in [-0.15, -0.1) is 0 Å². The Morgan fingerprint density at radius 3 is 1.22 bits per heavy atom. The van der Waals surface area contributed by atoms with E-state index in [1.54, 1.807) is 0 Å². The predicted octanol–water partition coefficient (Wildman–Crippen LogP) is -5.34. The molecule has 1 aliphatic carbocycles. The van der Waals surface area contributed by atoms with Crippen molar-refractivity contribution in [1.82, 2.24) is 0 Å². The van der Waals surface area contributed by atoms with Crippen LogP contribution in [0.1, 0.15) is 32.1 Å². The average molecular weight is 330 g/mol. The number of aliphatic hydroxyl groups is 1. The van der Waals surface area contributed by atoms with Crippen molar-refractivity contribution < 1.29 is 50.9 Å². The van der Waals surface area contributed by atoms with Gasteiger partial charge in [0.25, 0.3) is 10.1 Å². The van der Waals surface area contributed by atoms with E-state index in [1.165, 1.54) is 0 Å². The first-order valence-electron chi connectivity index (χ1n) is 3.65. The second kappa shape index (κ2) is 15.9. The van der Waals surface area contributed by atoms with Gasteiger partial charge in [-0.3, -0.25) is 4.55 Å². The fourth-order valence-electron chi connectivity index (χ4n) is 1.36. The van der Waals surface area contributed by atoms with Gasteiger partial charge >= 0.3 is 37.7 Å². The summed E-state index contributed by atoms with van der Waals surface area (Å²) < 4.78 is 29.9. The number of hydrogen-bond donors (Lipinski definition) is 2. The SMILES string of the molecule is O.O.O.O.O.O.O=S(=O)(O)C1(O)CCCCC1.[CaH2]. The van der Waals surface area contributed by atoms with Gasteiger partial charge in [0.15, 0.2) is 4.93 Å². The molecule has 1 aliphatic rings. The fraction of sp³-hybridized carbons (Fsp3) is 1.00. The van der Waals surface area contributed by atoms with E-state index in [2.05, 4.69) is 0 Å². The molecule has 0 aromatic heterocycles. The van der Waals surface area contributed by atoms with Gasteiger partial charge in [0, 0.05) is 0 Å². The minimum atomic E-state index is -4.27. The topological polar surface area (TPSA) is 264 Å². The fourth-order valence-corrected chi connectivity index (χ4v) is 2.17. The van der Waals surface area contributed by atoms with E-state index in [9.17, 15) is 13.5 Å². The van der Waals surface area contributed by atoms with Crippen molar-refractivity contribution in [3.8, 4) is 0 Å². The minimum absolute atomic E-state index is 0. The Morgan fingerprint density at radius 2 is 1.06 bits per heavy atom. The van der Waals surface area contributed by atoms with Crippen LogP contribution >= 0.6 is 0 Å². The van der Waals surface area contributed by atoms with Crippen molar-refractivity contribution >= 4 is 47.9 Å². The Bertz CT molecular complexity index is 237. The quantitative estimate of drug-likeness (QED) is 0.352. The molecule has 10 nitrogen and oxygen atoms in total. The number of rotatable bonds is 1. The summed E-state index contributed by atoms with van der Waals surface area (Å²) >= 11 is 0. The third-order valence-corrected chi connectivity index (χ3v) is 3.48. The van der Waals surface area contributed by atoms with Crippen LogP contribution in [0.15, 0.2) is 0 Å². The summed E-state index contributed by atoms with van der Waals surface area (Å²) in [5, 5.41) is 9.37. The summed E-state index contributed by atoms with van der Waals surface area (Å²) in [4.78, 5) is -1.86. The standard InChI is InChI=1S/C6H12O4S.Ca.6H2O.2H/c7-6(11(8,9)10)4-2-1-3-5-6;;;;;;;;;/h7H,1-5H2,(H,8,9,10);;6*1H2;;. The third kappa shape index (κ3) is 10.8. The molecule has 0 heterocycles. The van der Waals surface area contributed by atoms with Crippen molar-refractivity contribution in [3.05, 3.63) is 0 Å². The van der Waals surface area contributed by atoms with Gasteiger partial charge in [0.05, 0.1) is 0 Å². The van der Waals surface area contributed by atoms with Crippen LogP contribution < -0.4 is 0 Å². The van der Waals surface area contributed by atoms with Crippen molar-refractivity contribution in [2.45, 2.75) is 37.0 Å². The van der Waals surface area contributed by atoms with Crippen LogP contribution in [0.4, 0.5) is 0 Å². The maximum absolute atomic E-state index is 10.6. The molecule has 18 heavy (non-hydrogen) atoms. The Morgan fingerprint density at radius 1 is 0.778 bits per heavy atom. The zero-order valence-corrected chi connectivity index (χ0v) is 9.97. The van der Waals surface area contributed by atoms with E-state index in [-0.39, 0.29) is 83.4 Å². The van der Waals surface area contributed by atoms with Gasteiger partial charge in [0.2, 0.25) is 0 Å². The molecule has 0 saturated heterocycles. The molecule has 0 radical (unpaired) electrons. The van der Waals surface area contributed by atoms with Crippen LogP contribution in [0, 0.1) is 0 Å². The molecule has 0 bridgehead atoms. The molecule has 0 spiro atoms. The zero-order valence-electron chi connectivity index (χ0n) is 9.15. The van der Waals surface area contributed by atoms with Crippen molar-refractivity contribution in [3.63, 3.8) is 0 Å². The Balaban J connectivity index is -0.0000000346. The molecular formula is C6H26CaO10S. The molecule has 1 saturated carbocycles. The first kappa shape index (κ1) is 42.8. The van der Waals surface area contributed by atoms with Gasteiger partial charge in [-0.1, -0.05) is 6.42 Å². The summed E-state index contributed by atoms with van der Waals surface area (Å²) in [5.74, 6) is 0. The normalized spacial score (nSPS) is 15.2. The van der Waals surface area contributed by atoms with Crippen LogP contribution in [0.2, 0.25) is 0 Å². The third-order valence-electron chi connectivity index (χ3n) is 2.11. The van der Waals surface area contributed by atoms with Gasteiger partial charge in [0.1, 0.15) is 0 Å². The molecule has 12 heteroatoms. The van der Waals surface area contributed by atoms with Gasteiger partial charge in [-0.2, -0.15) is 8.42 Å². The van der Waals surface area contributed by atoms with Gasteiger partial charge in [-0.25, -0.2) is 0 Å². The molecule has 14 N–H and O–H groups in total. The van der Waals surface area contributed by atoms with E-state index >= 15 is 0 Å². The van der Waals surface area contributed by atoms with Gasteiger partial charge in [-0.05, 0) is 25.7 Å². The Kier molecular flexibility index (Phi) is 37.9. The molecule has 0 amide bonds. The molecule has 1 fully saturated rings. The molecular weight excluding hydrogens is 304 g/mol. The first-order valence-corrected chi connectivity index (χ1v) is 5.09. The van der Waals surface area contributed by atoms with Crippen molar-refractivity contribution in [1.29, 1.82) is 0 Å². The second-order valence-corrected chi connectivity index (χ2v) is 4.69. The van der Waals surface area contributed by atoms with E-state index in [0.29, 0.717) is 12.8 Å². The Hall–Kier alpha value is 0.890. The molecule has 118 valence electrons. The molecule has 0 unspecified atom stereocenters. The average Bonchev–Trinajstić information content (AvgIpc) is 1.87. The van der Waals surface area contributed by atoms with E-state index < -0.39 is 15.1 Å². The maximum atomic E-state index is 10.6. The number of hydrogen-bond acceptors (Lipinski definition) is 3. The van der Waals surface area contributed by atoms with Crippen LogP contribution in [-0.4, -0.2) is 93.6 Å². The van der Waals surface area contributed by atoms with E-state index in [0.717, 1.165) is 6.42 Å². The summed E-state index contributed by atoms with van der Waals surface area (Å²) in [5.41, 5.74) is 0. The van der Waals surface area contributed by atoms with Crippen LogP contribution in [-0.2, 0) is 10.1 Å². The van der Waals surface area contributed by atoms with Crippen LogP contribution in [0.5, 0.6) is 0 Å². The summed E-state index contributed by atoms with van der Waals surface area (Å²) in [6.07, 6.45) is 2.57. The van der Waals surface area contributed by atoms with E-state index in [4.69, 9.17) is 4.55 Å².